The molecule has 1 aliphatic heterocycles. The first-order valence-electron chi connectivity index (χ1n) is 10.7. The number of amides is 5. The molecule has 1 heterocycles. The normalized spacial score (nSPS) is 16.2. The number of imide groups is 1. The maximum atomic E-state index is 13.4. The first-order chi connectivity index (χ1) is 16.5. The summed E-state index contributed by atoms with van der Waals surface area (Å²) in [7, 11) is 4.67. The fraction of sp³-hybridized carbons (Fsp3) is 0.333. The molecule has 0 radical (unpaired) electrons. The molecule has 0 bridgehead atoms. The van der Waals surface area contributed by atoms with Crippen LogP contribution in [-0.2, 0) is 9.59 Å². The van der Waals surface area contributed by atoms with Crippen molar-refractivity contribution in [1.82, 2.24) is 15.1 Å². The second kappa shape index (κ2) is 10.8. The van der Waals surface area contributed by atoms with E-state index in [2.05, 4.69) is 33.2 Å². The van der Waals surface area contributed by atoms with Crippen molar-refractivity contribution < 1.29 is 23.9 Å². The zero-order chi connectivity index (χ0) is 26.0. The van der Waals surface area contributed by atoms with Gasteiger partial charge in [0.1, 0.15) is 17.8 Å². The molecule has 0 spiro atoms. The van der Waals surface area contributed by atoms with Crippen molar-refractivity contribution in [1.29, 1.82) is 0 Å². The van der Waals surface area contributed by atoms with Crippen molar-refractivity contribution >= 4 is 63.6 Å². The van der Waals surface area contributed by atoms with Crippen molar-refractivity contribution in [2.24, 2.45) is 5.92 Å². The lowest BCUT2D eigenvalue weighted by Crippen LogP contribution is -2.50. The number of nitrogens with zero attached hydrogens (tertiary/aromatic N) is 2. The first-order valence-corrected chi connectivity index (χ1v) is 12.2. The van der Waals surface area contributed by atoms with Crippen LogP contribution in [0.2, 0.25) is 5.02 Å². The van der Waals surface area contributed by atoms with E-state index in [9.17, 15) is 19.2 Å². The molecule has 1 fully saturated rings. The minimum atomic E-state index is -1.08. The largest absolute Gasteiger partial charge is 0.496 e. The van der Waals surface area contributed by atoms with E-state index < -0.39 is 29.9 Å². The summed E-state index contributed by atoms with van der Waals surface area (Å²) in [6.07, 6.45) is 0. The quantitative estimate of drug-likeness (QED) is 0.364. The summed E-state index contributed by atoms with van der Waals surface area (Å²) in [6, 6.07) is 6.95. The van der Waals surface area contributed by atoms with Gasteiger partial charge in [-0.1, -0.05) is 31.5 Å². The van der Waals surface area contributed by atoms with E-state index in [0.717, 1.165) is 8.47 Å². The van der Waals surface area contributed by atoms with Crippen LogP contribution < -0.4 is 15.4 Å². The Bertz CT molecular complexity index is 1190. The van der Waals surface area contributed by atoms with Crippen molar-refractivity contribution in [2.75, 3.05) is 26.5 Å². The Morgan fingerprint density at radius 3 is 2.43 bits per heavy atom. The summed E-state index contributed by atoms with van der Waals surface area (Å²) in [4.78, 5) is 54.2. The van der Waals surface area contributed by atoms with Crippen LogP contribution in [0.1, 0.15) is 35.8 Å². The van der Waals surface area contributed by atoms with E-state index in [0.29, 0.717) is 21.8 Å². The number of nitrogens with one attached hydrogen (secondary N) is 2. The maximum absolute atomic E-state index is 13.4. The Morgan fingerprint density at radius 1 is 1.17 bits per heavy atom. The fourth-order valence-electron chi connectivity index (χ4n) is 3.82. The molecule has 2 aromatic rings. The zero-order valence-electron chi connectivity index (χ0n) is 19.9. The molecule has 2 atom stereocenters. The summed E-state index contributed by atoms with van der Waals surface area (Å²) >= 11 is 8.35. The van der Waals surface area contributed by atoms with E-state index in [1.54, 1.807) is 58.3 Å². The highest BCUT2D eigenvalue weighted by atomic mass is 127. The predicted molar refractivity (Wildman–Crippen MR) is 141 cm³/mol. The maximum Gasteiger partial charge on any atom is 0.325 e. The van der Waals surface area contributed by atoms with Crippen LogP contribution in [0.15, 0.2) is 36.4 Å². The topological polar surface area (TPSA) is 108 Å². The van der Waals surface area contributed by atoms with Gasteiger partial charge in [-0.3, -0.25) is 14.4 Å². The second-order valence-corrected chi connectivity index (χ2v) is 10.2. The van der Waals surface area contributed by atoms with Crippen molar-refractivity contribution in [3.8, 4) is 5.75 Å². The lowest BCUT2D eigenvalue weighted by atomic mass is 9.99. The standard InChI is InChI=1S/C24H26ClIN4O5/c1-12(2)20(21(31)27-17-9-7-14(26)11-16(17)25)30-23(33)19(28-24(30)34)15-8-6-13(10-18(15)35-5)22(32)29(3)4/h6-12,19-20H,1-5H3,(H,27,31)(H,28,34)/t19-,20+/m1/s1. The molecule has 2 aromatic carbocycles. The minimum Gasteiger partial charge on any atom is -0.496 e. The lowest BCUT2D eigenvalue weighted by Gasteiger charge is -2.28. The van der Waals surface area contributed by atoms with Gasteiger partial charge in [0.15, 0.2) is 0 Å². The third kappa shape index (κ3) is 5.53. The average molecular weight is 613 g/mol. The number of benzene rings is 2. The highest BCUT2D eigenvalue weighted by Crippen LogP contribution is 2.33. The van der Waals surface area contributed by atoms with E-state index in [4.69, 9.17) is 16.3 Å². The van der Waals surface area contributed by atoms with E-state index in [1.165, 1.54) is 18.1 Å². The molecule has 9 nitrogen and oxygen atoms in total. The molecule has 1 saturated heterocycles. The van der Waals surface area contributed by atoms with Crippen LogP contribution in [0.25, 0.3) is 0 Å². The number of halogens is 2. The van der Waals surface area contributed by atoms with E-state index >= 15 is 0 Å². The molecule has 186 valence electrons. The minimum absolute atomic E-state index is 0.232. The summed E-state index contributed by atoms with van der Waals surface area (Å²) < 4.78 is 6.32. The van der Waals surface area contributed by atoms with Crippen molar-refractivity contribution in [3.63, 3.8) is 0 Å². The monoisotopic (exact) mass is 612 g/mol. The van der Waals surface area contributed by atoms with E-state index in [-0.39, 0.29) is 17.6 Å². The van der Waals surface area contributed by atoms with Gasteiger partial charge < -0.3 is 20.3 Å². The van der Waals surface area contributed by atoms with Gasteiger partial charge in [-0.25, -0.2) is 9.69 Å². The Balaban J connectivity index is 1.91. The molecule has 2 N–H and O–H groups in total. The van der Waals surface area contributed by atoms with Gasteiger partial charge in [0.05, 0.1) is 17.8 Å². The SMILES string of the molecule is COc1cc(C(=O)N(C)C)ccc1[C@H]1NC(=O)N([C@H](C(=O)Nc2ccc(I)cc2Cl)C(C)C)C1=O. The number of ether oxygens (including phenoxy) is 1. The molecular weight excluding hydrogens is 587 g/mol. The van der Waals surface area contributed by atoms with Crippen molar-refractivity contribution in [3.05, 3.63) is 56.1 Å². The van der Waals surface area contributed by atoms with Crippen LogP contribution in [0, 0.1) is 9.49 Å². The summed E-state index contributed by atoms with van der Waals surface area (Å²) in [6.45, 7) is 3.49. The van der Waals surface area contributed by atoms with Crippen LogP contribution >= 0.6 is 34.2 Å². The molecule has 5 amide bonds. The predicted octanol–water partition coefficient (Wildman–Crippen LogP) is 3.91. The molecular formula is C24H26ClIN4O5. The van der Waals surface area contributed by atoms with Gasteiger partial charge in [-0.2, -0.15) is 0 Å². The van der Waals surface area contributed by atoms with Crippen molar-refractivity contribution in [2.45, 2.75) is 25.9 Å². The van der Waals surface area contributed by atoms with Gasteiger partial charge in [0, 0.05) is 28.8 Å². The molecule has 11 heteroatoms. The van der Waals surface area contributed by atoms with Gasteiger partial charge in [-0.15, -0.1) is 0 Å². The molecule has 3 rings (SSSR count). The first kappa shape index (κ1) is 26.7. The summed E-state index contributed by atoms with van der Waals surface area (Å²) in [5.74, 6) is -1.47. The number of methoxy groups -OCH3 is 1. The van der Waals surface area contributed by atoms with Crippen LogP contribution in [-0.4, -0.2) is 60.8 Å². The molecule has 0 aliphatic carbocycles. The average Bonchev–Trinajstić information content (AvgIpc) is 3.08. The Hall–Kier alpha value is -2.86. The highest BCUT2D eigenvalue weighted by molar-refractivity contribution is 14.1. The third-order valence-corrected chi connectivity index (χ3v) is 6.52. The van der Waals surface area contributed by atoms with Crippen LogP contribution in [0.5, 0.6) is 5.75 Å². The molecule has 0 aromatic heterocycles. The van der Waals surface area contributed by atoms with Gasteiger partial charge in [0.25, 0.3) is 11.8 Å². The van der Waals surface area contributed by atoms with Crippen LogP contribution in [0.3, 0.4) is 0 Å². The number of rotatable bonds is 7. The number of hydrogen-bond donors (Lipinski definition) is 2. The number of urea groups is 1. The lowest BCUT2D eigenvalue weighted by molar-refractivity contribution is -0.135. The van der Waals surface area contributed by atoms with Gasteiger partial charge >= 0.3 is 6.03 Å². The van der Waals surface area contributed by atoms with Gasteiger partial charge in [0.2, 0.25) is 5.91 Å². The number of anilines is 1. The van der Waals surface area contributed by atoms with Gasteiger partial charge in [-0.05, 0) is 58.8 Å². The molecule has 0 unspecified atom stereocenters. The number of hydrogen-bond acceptors (Lipinski definition) is 5. The second-order valence-electron chi connectivity index (χ2n) is 8.55. The smallest absolute Gasteiger partial charge is 0.325 e. The Morgan fingerprint density at radius 2 is 1.86 bits per heavy atom. The fourth-order valence-corrected chi connectivity index (χ4v) is 4.73. The van der Waals surface area contributed by atoms with Crippen LogP contribution in [0.4, 0.5) is 10.5 Å². The Kier molecular flexibility index (Phi) is 8.26. The summed E-state index contributed by atoms with van der Waals surface area (Å²) in [5.41, 5.74) is 1.14. The Labute approximate surface area is 222 Å². The number of carbonyl (C=O) groups excluding carboxylic acids is 4. The zero-order valence-corrected chi connectivity index (χ0v) is 22.8. The highest BCUT2D eigenvalue weighted by Gasteiger charge is 2.47. The molecule has 0 saturated carbocycles. The molecule has 1 aliphatic rings. The third-order valence-electron chi connectivity index (χ3n) is 5.54. The number of carbonyl (C=O) groups is 4. The molecule has 35 heavy (non-hydrogen) atoms. The summed E-state index contributed by atoms with van der Waals surface area (Å²) in [5, 5.41) is 5.72. The van der Waals surface area contributed by atoms with E-state index in [1.807, 2.05) is 0 Å².